The molecule has 0 aliphatic heterocycles. The molecule has 5 heteroatoms. The molecule has 2 nitrogen and oxygen atoms in total. The number of hydrogen-bond acceptors (Lipinski definition) is 2. The van der Waals surface area contributed by atoms with Crippen LogP contribution in [-0.2, 0) is 0 Å². The molecular formula is C13H15ClF2O2. The van der Waals surface area contributed by atoms with E-state index in [0.29, 0.717) is 18.2 Å². The Morgan fingerprint density at radius 1 is 1.39 bits per heavy atom. The normalized spacial score (nSPS) is 11.8. The number of allylic oxidation sites excluding steroid dienone is 1. The van der Waals surface area contributed by atoms with Crippen LogP contribution >= 0.6 is 11.6 Å². The maximum absolute atomic E-state index is 12.2. The number of alkyl halides is 3. The van der Waals surface area contributed by atoms with Crippen LogP contribution < -0.4 is 9.47 Å². The second-order valence-electron chi connectivity index (χ2n) is 3.64. The summed E-state index contributed by atoms with van der Waals surface area (Å²) in [4.78, 5) is 0. The Morgan fingerprint density at radius 3 is 2.67 bits per heavy atom. The molecule has 0 aliphatic carbocycles. The third kappa shape index (κ3) is 4.53. The fraction of sp³-hybridized carbons (Fsp3) is 0.385. The molecular weight excluding hydrogens is 262 g/mol. The van der Waals surface area contributed by atoms with Gasteiger partial charge in [-0.3, -0.25) is 0 Å². The zero-order valence-electron chi connectivity index (χ0n) is 10.3. The SMILES string of the molecule is CCOc1cc(/C=C(/C)CCl)ccc1OC(F)F. The Bertz CT molecular complexity index is 419. The van der Waals surface area contributed by atoms with Crippen LogP contribution in [0.25, 0.3) is 6.08 Å². The highest BCUT2D eigenvalue weighted by atomic mass is 35.5. The Kier molecular flexibility index (Phi) is 5.92. The van der Waals surface area contributed by atoms with Crippen LogP contribution in [0, 0.1) is 0 Å². The summed E-state index contributed by atoms with van der Waals surface area (Å²) in [6, 6.07) is 4.79. The zero-order valence-corrected chi connectivity index (χ0v) is 11.0. The molecule has 0 unspecified atom stereocenters. The first kappa shape index (κ1) is 14.8. The monoisotopic (exact) mass is 276 g/mol. The largest absolute Gasteiger partial charge is 0.490 e. The lowest BCUT2D eigenvalue weighted by Gasteiger charge is -2.11. The predicted octanol–water partition coefficient (Wildman–Crippen LogP) is 4.33. The molecule has 0 fully saturated rings. The van der Waals surface area contributed by atoms with Crippen molar-refractivity contribution in [2.75, 3.05) is 12.5 Å². The van der Waals surface area contributed by atoms with E-state index in [-0.39, 0.29) is 5.75 Å². The van der Waals surface area contributed by atoms with Crippen LogP contribution in [0.3, 0.4) is 0 Å². The van der Waals surface area contributed by atoms with Crippen molar-refractivity contribution in [3.8, 4) is 11.5 Å². The van der Waals surface area contributed by atoms with E-state index in [4.69, 9.17) is 16.3 Å². The van der Waals surface area contributed by atoms with E-state index in [1.165, 1.54) is 6.07 Å². The molecule has 0 atom stereocenters. The number of rotatable bonds is 6. The van der Waals surface area contributed by atoms with Gasteiger partial charge >= 0.3 is 6.61 Å². The molecule has 0 aliphatic rings. The summed E-state index contributed by atoms with van der Waals surface area (Å²) in [6.45, 7) is 1.17. The van der Waals surface area contributed by atoms with Gasteiger partial charge in [-0.25, -0.2) is 0 Å². The van der Waals surface area contributed by atoms with Gasteiger partial charge in [0.15, 0.2) is 11.5 Å². The summed E-state index contributed by atoms with van der Waals surface area (Å²) in [5.41, 5.74) is 1.81. The molecule has 0 radical (unpaired) electrons. The third-order valence-corrected chi connectivity index (χ3v) is 2.53. The first-order valence-corrected chi connectivity index (χ1v) is 6.05. The van der Waals surface area contributed by atoms with E-state index in [0.717, 1.165) is 11.1 Å². The van der Waals surface area contributed by atoms with Crippen LogP contribution in [-0.4, -0.2) is 19.1 Å². The molecule has 0 aromatic heterocycles. The maximum Gasteiger partial charge on any atom is 0.387 e. The van der Waals surface area contributed by atoms with Crippen LogP contribution in [0.2, 0.25) is 0 Å². The summed E-state index contributed by atoms with van der Waals surface area (Å²) in [6.07, 6.45) is 1.86. The van der Waals surface area contributed by atoms with Crippen LogP contribution in [0.1, 0.15) is 19.4 Å². The van der Waals surface area contributed by atoms with Crippen LogP contribution in [0.5, 0.6) is 11.5 Å². The first-order valence-electron chi connectivity index (χ1n) is 5.51. The molecule has 0 saturated carbocycles. The number of ether oxygens (including phenoxy) is 2. The highest BCUT2D eigenvalue weighted by Crippen LogP contribution is 2.30. The minimum absolute atomic E-state index is 0.0347. The molecule has 1 aromatic carbocycles. The van der Waals surface area contributed by atoms with Crippen molar-refractivity contribution in [3.63, 3.8) is 0 Å². The van der Waals surface area contributed by atoms with Crippen molar-refractivity contribution in [1.29, 1.82) is 0 Å². The van der Waals surface area contributed by atoms with Crippen molar-refractivity contribution in [3.05, 3.63) is 29.3 Å². The van der Waals surface area contributed by atoms with E-state index in [1.54, 1.807) is 19.1 Å². The topological polar surface area (TPSA) is 18.5 Å². The fourth-order valence-electron chi connectivity index (χ4n) is 1.40. The summed E-state index contributed by atoms with van der Waals surface area (Å²) >= 11 is 5.68. The Morgan fingerprint density at radius 2 is 2.11 bits per heavy atom. The molecule has 18 heavy (non-hydrogen) atoms. The van der Waals surface area contributed by atoms with Gasteiger partial charge in [-0.05, 0) is 31.5 Å². The number of halogens is 3. The van der Waals surface area contributed by atoms with Gasteiger partial charge in [0.05, 0.1) is 6.61 Å². The molecule has 0 spiro atoms. The Labute approximate surface area is 110 Å². The van der Waals surface area contributed by atoms with E-state index in [1.807, 2.05) is 13.0 Å². The highest BCUT2D eigenvalue weighted by Gasteiger charge is 2.10. The molecule has 0 saturated heterocycles. The Balaban J connectivity index is 3.02. The second-order valence-corrected chi connectivity index (χ2v) is 3.91. The fourth-order valence-corrected chi connectivity index (χ4v) is 1.48. The van der Waals surface area contributed by atoms with E-state index in [2.05, 4.69) is 4.74 Å². The first-order chi connectivity index (χ1) is 8.56. The Hall–Kier alpha value is -1.29. The zero-order chi connectivity index (χ0) is 13.5. The molecule has 1 aromatic rings. The minimum atomic E-state index is -2.87. The highest BCUT2D eigenvalue weighted by molar-refractivity contribution is 6.19. The smallest absolute Gasteiger partial charge is 0.387 e. The summed E-state index contributed by atoms with van der Waals surface area (Å²) in [5, 5.41) is 0. The lowest BCUT2D eigenvalue weighted by Crippen LogP contribution is -2.04. The van der Waals surface area contributed by atoms with Gasteiger partial charge in [-0.15, -0.1) is 11.6 Å². The van der Waals surface area contributed by atoms with E-state index < -0.39 is 6.61 Å². The van der Waals surface area contributed by atoms with Gasteiger partial charge in [0.2, 0.25) is 0 Å². The minimum Gasteiger partial charge on any atom is -0.490 e. The van der Waals surface area contributed by atoms with Gasteiger partial charge in [-0.2, -0.15) is 8.78 Å². The van der Waals surface area contributed by atoms with Crippen molar-refractivity contribution in [2.24, 2.45) is 0 Å². The van der Waals surface area contributed by atoms with Gasteiger partial charge in [0, 0.05) is 5.88 Å². The molecule has 0 heterocycles. The van der Waals surface area contributed by atoms with Gasteiger partial charge < -0.3 is 9.47 Å². The van der Waals surface area contributed by atoms with Crippen molar-refractivity contribution in [1.82, 2.24) is 0 Å². The average molecular weight is 277 g/mol. The van der Waals surface area contributed by atoms with E-state index in [9.17, 15) is 8.78 Å². The van der Waals surface area contributed by atoms with Crippen molar-refractivity contribution < 1.29 is 18.3 Å². The molecule has 0 amide bonds. The van der Waals surface area contributed by atoms with Crippen molar-refractivity contribution >= 4 is 17.7 Å². The third-order valence-electron chi connectivity index (χ3n) is 2.11. The molecule has 100 valence electrons. The lowest BCUT2D eigenvalue weighted by atomic mass is 10.1. The van der Waals surface area contributed by atoms with Crippen LogP contribution in [0.15, 0.2) is 23.8 Å². The molecule has 0 N–H and O–H groups in total. The van der Waals surface area contributed by atoms with Gasteiger partial charge in [0.25, 0.3) is 0 Å². The van der Waals surface area contributed by atoms with E-state index >= 15 is 0 Å². The lowest BCUT2D eigenvalue weighted by molar-refractivity contribution is -0.0514. The predicted molar refractivity (Wildman–Crippen MR) is 68.6 cm³/mol. The standard InChI is InChI=1S/C13H15ClF2O2/c1-3-17-12-7-10(6-9(2)8-14)4-5-11(12)18-13(15)16/h4-7,13H,3,8H2,1-2H3/b9-6-. The van der Waals surface area contributed by atoms with Gasteiger partial charge in [-0.1, -0.05) is 17.7 Å². The van der Waals surface area contributed by atoms with Crippen LogP contribution in [0.4, 0.5) is 8.78 Å². The van der Waals surface area contributed by atoms with Crippen molar-refractivity contribution in [2.45, 2.75) is 20.5 Å². The van der Waals surface area contributed by atoms with Gasteiger partial charge in [0.1, 0.15) is 0 Å². The molecule has 0 bridgehead atoms. The number of benzene rings is 1. The second kappa shape index (κ2) is 7.21. The average Bonchev–Trinajstić information content (AvgIpc) is 2.32. The summed E-state index contributed by atoms with van der Waals surface area (Å²) in [7, 11) is 0. The quantitative estimate of drug-likeness (QED) is 0.720. The summed E-state index contributed by atoms with van der Waals surface area (Å²) < 4.78 is 34.1. The maximum atomic E-state index is 12.2. The summed E-state index contributed by atoms with van der Waals surface area (Å²) in [5.74, 6) is 0.751. The molecule has 1 rings (SSSR count). The number of hydrogen-bond donors (Lipinski definition) is 0.